The second-order valence-electron chi connectivity index (χ2n) is 6.97. The summed E-state index contributed by atoms with van der Waals surface area (Å²) in [6.07, 6.45) is 3.64. The smallest absolute Gasteiger partial charge is 0.340 e. The molecule has 1 amide bonds. The number of carbonyl (C=O) groups excluding carboxylic acids is 2. The van der Waals surface area contributed by atoms with Gasteiger partial charge >= 0.3 is 5.97 Å². The second kappa shape index (κ2) is 8.65. The SMILES string of the molecule is CCCCN(C(=O)COC(=O)c1c[nH]c2ccc(Br)cc12)C1CCS(=O)(=O)C1. The van der Waals surface area contributed by atoms with Gasteiger partial charge in [0.1, 0.15) is 0 Å². The van der Waals surface area contributed by atoms with Gasteiger partial charge in [-0.15, -0.1) is 0 Å². The number of carbonyl (C=O) groups is 2. The topological polar surface area (TPSA) is 96.5 Å². The molecular formula is C19H23BrN2O5S. The van der Waals surface area contributed by atoms with Crippen molar-refractivity contribution in [2.75, 3.05) is 24.7 Å². The molecule has 0 saturated carbocycles. The molecule has 1 atom stereocenters. The standard InChI is InChI=1S/C19H23BrN2O5S/c1-2-3-7-22(14-6-8-28(25,26)12-14)18(23)11-27-19(24)16-10-21-17-5-4-13(20)9-15(16)17/h4-5,9-10,14,21H,2-3,6-8,11-12H2,1H3. The Morgan fingerprint density at radius 3 is 2.82 bits per heavy atom. The summed E-state index contributed by atoms with van der Waals surface area (Å²) in [4.78, 5) is 29.7. The highest BCUT2D eigenvalue weighted by Gasteiger charge is 2.34. The number of aromatic amines is 1. The van der Waals surface area contributed by atoms with Crippen LogP contribution in [0.25, 0.3) is 10.9 Å². The maximum atomic E-state index is 12.7. The minimum absolute atomic E-state index is 0.0210. The Morgan fingerprint density at radius 2 is 2.14 bits per heavy atom. The molecule has 2 aromatic rings. The molecule has 2 heterocycles. The van der Waals surface area contributed by atoms with Crippen LogP contribution in [0.4, 0.5) is 0 Å². The van der Waals surface area contributed by atoms with E-state index in [4.69, 9.17) is 4.74 Å². The van der Waals surface area contributed by atoms with Gasteiger partial charge in [0, 0.05) is 34.2 Å². The zero-order valence-corrected chi connectivity index (χ0v) is 18.0. The van der Waals surface area contributed by atoms with Gasteiger partial charge in [-0.3, -0.25) is 4.79 Å². The number of rotatable bonds is 7. The largest absolute Gasteiger partial charge is 0.452 e. The zero-order valence-electron chi connectivity index (χ0n) is 15.6. The minimum Gasteiger partial charge on any atom is -0.452 e. The molecule has 1 saturated heterocycles. The molecule has 1 aromatic heterocycles. The maximum Gasteiger partial charge on any atom is 0.340 e. The zero-order chi connectivity index (χ0) is 20.3. The van der Waals surface area contributed by atoms with Crippen LogP contribution in [0.1, 0.15) is 36.5 Å². The highest BCUT2D eigenvalue weighted by Crippen LogP contribution is 2.23. The molecule has 0 radical (unpaired) electrons. The quantitative estimate of drug-likeness (QED) is 0.627. The average molecular weight is 471 g/mol. The Hall–Kier alpha value is -1.87. The van der Waals surface area contributed by atoms with E-state index in [1.54, 1.807) is 17.2 Å². The number of esters is 1. The van der Waals surface area contributed by atoms with Gasteiger partial charge in [-0.05, 0) is 31.0 Å². The van der Waals surface area contributed by atoms with Crippen molar-refractivity contribution in [2.24, 2.45) is 0 Å². The number of aromatic nitrogens is 1. The third-order valence-electron chi connectivity index (χ3n) is 4.91. The number of hydrogen-bond acceptors (Lipinski definition) is 5. The second-order valence-corrected chi connectivity index (χ2v) is 10.1. The van der Waals surface area contributed by atoms with Crippen LogP contribution >= 0.6 is 15.9 Å². The van der Waals surface area contributed by atoms with Gasteiger partial charge in [0.05, 0.1) is 17.1 Å². The third kappa shape index (κ3) is 4.75. The molecule has 152 valence electrons. The third-order valence-corrected chi connectivity index (χ3v) is 7.16. The van der Waals surface area contributed by atoms with E-state index >= 15 is 0 Å². The number of unbranched alkanes of at least 4 members (excludes halogenated alkanes) is 1. The summed E-state index contributed by atoms with van der Waals surface area (Å²) in [5.41, 5.74) is 1.15. The highest BCUT2D eigenvalue weighted by atomic mass is 79.9. The fourth-order valence-corrected chi connectivity index (χ4v) is 5.50. The first-order chi connectivity index (χ1) is 13.3. The Bertz CT molecular complexity index is 985. The number of sulfone groups is 1. The predicted molar refractivity (Wildman–Crippen MR) is 110 cm³/mol. The number of benzene rings is 1. The van der Waals surface area contributed by atoms with Gasteiger partial charge in [-0.2, -0.15) is 0 Å². The summed E-state index contributed by atoms with van der Waals surface area (Å²) in [6.45, 7) is 2.07. The van der Waals surface area contributed by atoms with Crippen molar-refractivity contribution in [3.63, 3.8) is 0 Å². The number of ether oxygens (including phenoxy) is 1. The summed E-state index contributed by atoms with van der Waals surface area (Å²) in [6, 6.07) is 5.17. The van der Waals surface area contributed by atoms with Crippen molar-refractivity contribution in [2.45, 2.75) is 32.2 Å². The van der Waals surface area contributed by atoms with Crippen LogP contribution in [0.15, 0.2) is 28.9 Å². The van der Waals surface area contributed by atoms with Crippen LogP contribution in [-0.2, 0) is 19.4 Å². The van der Waals surface area contributed by atoms with E-state index in [0.717, 1.165) is 22.8 Å². The minimum atomic E-state index is -3.10. The summed E-state index contributed by atoms with van der Waals surface area (Å²) in [5, 5.41) is 0.705. The number of halogens is 1. The molecule has 1 N–H and O–H groups in total. The Labute approximate surface area is 172 Å². The normalized spacial score (nSPS) is 18.3. The molecule has 28 heavy (non-hydrogen) atoms. The van der Waals surface area contributed by atoms with Crippen LogP contribution in [0.5, 0.6) is 0 Å². The van der Waals surface area contributed by atoms with Gasteiger partial charge in [-0.1, -0.05) is 29.3 Å². The first kappa shape index (κ1) is 20.9. The van der Waals surface area contributed by atoms with Crippen molar-refractivity contribution < 1.29 is 22.7 Å². The summed E-state index contributed by atoms with van der Waals surface area (Å²) in [5.74, 6) is -0.873. The van der Waals surface area contributed by atoms with E-state index in [2.05, 4.69) is 20.9 Å². The van der Waals surface area contributed by atoms with Crippen molar-refractivity contribution in [1.82, 2.24) is 9.88 Å². The first-order valence-corrected chi connectivity index (χ1v) is 11.9. The van der Waals surface area contributed by atoms with Crippen LogP contribution in [0.2, 0.25) is 0 Å². The molecule has 1 aliphatic rings. The molecule has 1 aliphatic heterocycles. The van der Waals surface area contributed by atoms with Gasteiger partial charge < -0.3 is 14.6 Å². The Balaban J connectivity index is 1.67. The van der Waals surface area contributed by atoms with E-state index in [9.17, 15) is 18.0 Å². The Morgan fingerprint density at radius 1 is 1.36 bits per heavy atom. The Kier molecular flexibility index (Phi) is 6.44. The lowest BCUT2D eigenvalue weighted by Crippen LogP contribution is -2.43. The van der Waals surface area contributed by atoms with Crippen molar-refractivity contribution in [3.8, 4) is 0 Å². The molecule has 0 bridgehead atoms. The maximum absolute atomic E-state index is 12.7. The van der Waals surface area contributed by atoms with Gasteiger partial charge in [0.2, 0.25) is 0 Å². The molecule has 3 rings (SSSR count). The summed E-state index contributed by atoms with van der Waals surface area (Å²) < 4.78 is 29.7. The predicted octanol–water partition coefficient (Wildman–Crippen LogP) is 2.90. The van der Waals surface area contributed by atoms with Crippen LogP contribution in [0.3, 0.4) is 0 Å². The van der Waals surface area contributed by atoms with Crippen LogP contribution in [0, 0.1) is 0 Å². The summed E-state index contributed by atoms with van der Waals surface area (Å²) >= 11 is 3.38. The van der Waals surface area contributed by atoms with Gasteiger partial charge in [0.25, 0.3) is 5.91 Å². The first-order valence-electron chi connectivity index (χ1n) is 9.24. The lowest BCUT2D eigenvalue weighted by atomic mass is 10.2. The monoisotopic (exact) mass is 470 g/mol. The molecule has 9 heteroatoms. The molecule has 0 aliphatic carbocycles. The van der Waals surface area contributed by atoms with Crippen LogP contribution < -0.4 is 0 Å². The lowest BCUT2D eigenvalue weighted by Gasteiger charge is -2.28. The van der Waals surface area contributed by atoms with Crippen molar-refractivity contribution >= 4 is 48.5 Å². The van der Waals surface area contributed by atoms with Crippen LogP contribution in [-0.4, -0.2) is 60.9 Å². The fraction of sp³-hybridized carbons (Fsp3) is 0.474. The molecule has 1 aromatic carbocycles. The molecule has 1 fully saturated rings. The number of H-pyrrole nitrogens is 1. The molecule has 7 nitrogen and oxygen atoms in total. The lowest BCUT2D eigenvalue weighted by molar-refractivity contribution is -0.136. The van der Waals surface area contributed by atoms with Gasteiger partial charge in [0.15, 0.2) is 16.4 Å². The van der Waals surface area contributed by atoms with Crippen molar-refractivity contribution in [1.29, 1.82) is 0 Å². The molecule has 0 spiro atoms. The number of nitrogens with one attached hydrogen (secondary N) is 1. The summed E-state index contributed by atoms with van der Waals surface area (Å²) in [7, 11) is -3.10. The number of fused-ring (bicyclic) bond motifs is 1. The molecule has 1 unspecified atom stereocenters. The highest BCUT2D eigenvalue weighted by molar-refractivity contribution is 9.10. The fourth-order valence-electron chi connectivity index (χ4n) is 3.41. The van der Waals surface area contributed by atoms with E-state index in [-0.39, 0.29) is 23.5 Å². The average Bonchev–Trinajstić information content (AvgIpc) is 3.22. The number of nitrogens with zero attached hydrogens (tertiary/aromatic N) is 1. The van der Waals surface area contributed by atoms with Crippen molar-refractivity contribution in [3.05, 3.63) is 34.4 Å². The van der Waals surface area contributed by atoms with E-state index in [1.165, 1.54) is 0 Å². The number of amides is 1. The molecular weight excluding hydrogens is 448 g/mol. The van der Waals surface area contributed by atoms with Gasteiger partial charge in [-0.25, -0.2) is 13.2 Å². The van der Waals surface area contributed by atoms with E-state index in [1.807, 2.05) is 19.1 Å². The van der Waals surface area contributed by atoms with E-state index in [0.29, 0.717) is 23.9 Å². The number of hydrogen-bond donors (Lipinski definition) is 1. The van der Waals surface area contributed by atoms with E-state index < -0.39 is 22.4 Å².